The van der Waals surface area contributed by atoms with Crippen LogP contribution in [0.4, 0.5) is 0 Å². The number of phosphoric acid groups is 2. The van der Waals surface area contributed by atoms with Gasteiger partial charge in [0.2, 0.25) is 11.8 Å². The van der Waals surface area contributed by atoms with Crippen molar-refractivity contribution in [1.29, 1.82) is 0 Å². The van der Waals surface area contributed by atoms with Gasteiger partial charge in [0, 0.05) is 38.8 Å². The van der Waals surface area contributed by atoms with E-state index in [2.05, 4.69) is 62.8 Å². The molecule has 0 aliphatic carbocycles. The Morgan fingerprint density at radius 2 is 0.550 bits per heavy atom. The van der Waals surface area contributed by atoms with Gasteiger partial charge in [-0.3, -0.25) is 47.9 Å². The number of unbranched alkanes of at least 4 members (excludes halogenated alkanes) is 44. The van der Waals surface area contributed by atoms with Crippen molar-refractivity contribution in [3.05, 3.63) is 0 Å². The molecule has 0 aliphatic heterocycles. The van der Waals surface area contributed by atoms with Gasteiger partial charge >= 0.3 is 27.6 Å². The fourth-order valence-electron chi connectivity index (χ4n) is 13.4. The van der Waals surface area contributed by atoms with Crippen LogP contribution in [0.3, 0.4) is 0 Å². The lowest BCUT2D eigenvalue weighted by molar-refractivity contribution is -0.151. The second-order valence-electron chi connectivity index (χ2n) is 31.0. The zero-order chi connectivity index (χ0) is 80.0. The molecular formula is C85H170N4O18P2. The molecule has 0 radical (unpaired) electrons. The van der Waals surface area contributed by atoms with Gasteiger partial charge in [-0.05, 0) is 64.2 Å². The summed E-state index contributed by atoms with van der Waals surface area (Å²) in [5.41, 5.74) is 0. The predicted molar refractivity (Wildman–Crippen MR) is 443 cm³/mol. The highest BCUT2D eigenvalue weighted by molar-refractivity contribution is 7.47. The number of aliphatic hydroxyl groups is 2. The SMILES string of the molecule is CCCCCCCCCCCCCC(O)N[C@@H](COCC[C@@H](CCCCCCC)OC(=O)CCCCCCCCCCC)COP(=O)(O)OCCNC(=O)CC(=O)NCCOP(=O)(O)OC[C@H](COCC[C@@H](CCCCCCC)OC(=O)CCCCCCCCCCC)NC(O)CCCCCCCCCCCCC. The van der Waals surface area contributed by atoms with Crippen molar-refractivity contribution in [1.82, 2.24) is 21.3 Å². The highest BCUT2D eigenvalue weighted by Gasteiger charge is 2.28. The van der Waals surface area contributed by atoms with Gasteiger partial charge in [0.25, 0.3) is 0 Å². The molecule has 0 rings (SSSR count). The van der Waals surface area contributed by atoms with Crippen LogP contribution in [0.2, 0.25) is 0 Å². The van der Waals surface area contributed by atoms with Crippen molar-refractivity contribution in [2.75, 3.05) is 65.9 Å². The van der Waals surface area contributed by atoms with E-state index in [9.17, 15) is 48.3 Å². The summed E-state index contributed by atoms with van der Waals surface area (Å²) in [5, 5.41) is 33.4. The molecule has 0 saturated heterocycles. The van der Waals surface area contributed by atoms with Crippen LogP contribution in [-0.2, 0) is 65.4 Å². The maximum absolute atomic E-state index is 13.2. The molecule has 0 aromatic carbocycles. The van der Waals surface area contributed by atoms with E-state index in [4.69, 9.17) is 37.0 Å². The van der Waals surface area contributed by atoms with Crippen LogP contribution in [0, 0.1) is 0 Å². The first kappa shape index (κ1) is 107. The van der Waals surface area contributed by atoms with Gasteiger partial charge in [-0.15, -0.1) is 0 Å². The number of hydrogen-bond acceptors (Lipinski definition) is 18. The second-order valence-corrected chi connectivity index (χ2v) is 33.9. The van der Waals surface area contributed by atoms with E-state index in [0.717, 1.165) is 167 Å². The molecule has 0 aromatic heterocycles. The smallest absolute Gasteiger partial charge is 0.462 e. The number of phosphoric ester groups is 2. The fraction of sp³-hybridized carbons (Fsp3) is 0.953. The Labute approximate surface area is 665 Å². The number of rotatable bonds is 88. The lowest BCUT2D eigenvalue weighted by Gasteiger charge is -2.24. The zero-order valence-corrected chi connectivity index (χ0v) is 72.4. The van der Waals surface area contributed by atoms with E-state index in [1.54, 1.807) is 0 Å². The topological polar surface area (TPSA) is 305 Å². The van der Waals surface area contributed by atoms with Crippen LogP contribution in [0.25, 0.3) is 0 Å². The average Bonchev–Trinajstić information content (AvgIpc) is 0.927. The van der Waals surface area contributed by atoms with E-state index in [1.807, 2.05) is 0 Å². The molecule has 0 saturated carbocycles. The first-order chi connectivity index (χ1) is 52.9. The molecule has 22 nitrogen and oxygen atoms in total. The summed E-state index contributed by atoms with van der Waals surface area (Å²) in [6.07, 6.45) is 58.5. The Hall–Kier alpha value is -2.14. The highest BCUT2D eigenvalue weighted by atomic mass is 31.2. The third-order valence-electron chi connectivity index (χ3n) is 20.2. The number of aliphatic hydroxyl groups excluding tert-OH is 2. The van der Waals surface area contributed by atoms with Gasteiger partial charge in [-0.25, -0.2) is 9.13 Å². The van der Waals surface area contributed by atoms with Gasteiger partial charge in [0.15, 0.2) is 0 Å². The van der Waals surface area contributed by atoms with Gasteiger partial charge in [-0.1, -0.05) is 324 Å². The molecule has 2 amide bonds. The normalized spacial score (nSPS) is 14.6. The van der Waals surface area contributed by atoms with Crippen LogP contribution in [0.5, 0.6) is 0 Å². The minimum atomic E-state index is -4.70. The number of nitrogens with one attached hydrogen (secondary N) is 4. The van der Waals surface area contributed by atoms with E-state index in [-0.39, 0.29) is 76.9 Å². The minimum Gasteiger partial charge on any atom is -0.462 e. The molecule has 0 aromatic rings. The van der Waals surface area contributed by atoms with Crippen molar-refractivity contribution < 1.29 is 85.4 Å². The monoisotopic (exact) mass is 1600 g/mol. The summed E-state index contributed by atoms with van der Waals surface area (Å²) >= 11 is 0. The molecule has 0 fully saturated rings. The number of carbonyl (C=O) groups is 4. The van der Waals surface area contributed by atoms with Crippen molar-refractivity contribution in [3.8, 4) is 0 Å². The summed E-state index contributed by atoms with van der Waals surface area (Å²) in [5.74, 6) is -1.82. The number of hydrogen-bond donors (Lipinski definition) is 8. The van der Waals surface area contributed by atoms with Gasteiger partial charge in [0.1, 0.15) is 31.1 Å². The Kier molecular flexibility index (Phi) is 78.1. The second kappa shape index (κ2) is 79.7. The van der Waals surface area contributed by atoms with E-state index >= 15 is 0 Å². The Balaban J connectivity index is 5.51. The maximum Gasteiger partial charge on any atom is 0.472 e. The van der Waals surface area contributed by atoms with Gasteiger partial charge in [-0.2, -0.15) is 0 Å². The van der Waals surface area contributed by atoms with Gasteiger partial charge < -0.3 is 49.6 Å². The lowest BCUT2D eigenvalue weighted by Crippen LogP contribution is -2.44. The summed E-state index contributed by atoms with van der Waals surface area (Å²) < 4.78 is 71.8. The third kappa shape index (κ3) is 76.9. The molecule has 24 heteroatoms. The molecule has 0 spiro atoms. The predicted octanol–water partition coefficient (Wildman–Crippen LogP) is 21.0. The largest absolute Gasteiger partial charge is 0.472 e. The maximum atomic E-state index is 13.2. The van der Waals surface area contributed by atoms with Crippen LogP contribution < -0.4 is 21.3 Å². The summed E-state index contributed by atoms with van der Waals surface area (Å²) in [7, 11) is -9.39. The molecule has 648 valence electrons. The van der Waals surface area contributed by atoms with E-state index in [1.165, 1.54) is 167 Å². The number of ether oxygens (including phenoxy) is 4. The molecule has 8 N–H and O–H groups in total. The van der Waals surface area contributed by atoms with Crippen LogP contribution in [-0.4, -0.2) is 146 Å². The summed E-state index contributed by atoms with van der Waals surface area (Å²) in [6.45, 7) is 11.7. The fourth-order valence-corrected chi connectivity index (χ4v) is 15.0. The summed E-state index contributed by atoms with van der Waals surface area (Å²) in [6, 6.07) is -1.43. The summed E-state index contributed by atoms with van der Waals surface area (Å²) in [4.78, 5) is 73.1. The van der Waals surface area contributed by atoms with E-state index in [0.29, 0.717) is 38.5 Å². The van der Waals surface area contributed by atoms with Crippen molar-refractivity contribution in [2.45, 2.75) is 457 Å². The zero-order valence-electron chi connectivity index (χ0n) is 70.7. The standard InChI is InChI=1S/C85H170N4O18P2/c1-7-13-19-25-29-33-35-39-41-47-53-59-80(90)88-76(72-100-67-63-78(57-51-45-23-17-11-5)106-84(94)61-55-49-43-37-31-27-21-15-9-3)74-104-108(96,97)102-69-65-86-82(92)71-83(93)87-66-70-103-109(98,99)105-75-77(89-81(91)60-54-48-42-40-36-34-30-26-20-14-8-2)73-101-68-64-79(58-52-46-24-18-12-6)107-85(95)62-56-50-44-38-32-28-22-16-10-4/h76-81,88-91H,7-75H2,1-6H3,(H,86,92)(H,87,93)(H,96,97)(H,98,99)/t76-,77-,78+,79+,80?,81?/m0/s1. The number of esters is 2. The van der Waals surface area contributed by atoms with Crippen molar-refractivity contribution >= 4 is 39.4 Å². The molecular weight excluding hydrogens is 1430 g/mol. The van der Waals surface area contributed by atoms with Crippen LogP contribution in [0.15, 0.2) is 0 Å². The third-order valence-corrected chi connectivity index (χ3v) is 22.2. The molecule has 109 heavy (non-hydrogen) atoms. The number of carbonyl (C=O) groups excluding carboxylic acids is 4. The quantitative estimate of drug-likeness (QED) is 0.00922. The molecule has 8 atom stereocenters. The molecule has 0 heterocycles. The average molecular weight is 1600 g/mol. The minimum absolute atomic E-state index is 0.0186. The van der Waals surface area contributed by atoms with E-state index < -0.39 is 71.6 Å². The van der Waals surface area contributed by atoms with Crippen LogP contribution in [0.1, 0.15) is 420 Å². The van der Waals surface area contributed by atoms with Crippen LogP contribution >= 0.6 is 15.6 Å². The lowest BCUT2D eigenvalue weighted by atomic mass is 10.0. The number of amides is 2. The van der Waals surface area contributed by atoms with Crippen molar-refractivity contribution in [2.24, 2.45) is 0 Å². The Bertz CT molecular complexity index is 1990. The molecule has 4 unspecified atom stereocenters. The first-order valence-corrected chi connectivity index (χ1v) is 48.1. The van der Waals surface area contributed by atoms with Crippen molar-refractivity contribution in [3.63, 3.8) is 0 Å². The highest BCUT2D eigenvalue weighted by Crippen LogP contribution is 2.44. The Morgan fingerprint density at radius 1 is 0.303 bits per heavy atom. The molecule has 0 aliphatic rings. The van der Waals surface area contributed by atoms with Gasteiger partial charge in [0.05, 0.1) is 64.9 Å². The molecule has 0 bridgehead atoms. The Morgan fingerprint density at radius 3 is 0.826 bits per heavy atom. The first-order valence-electron chi connectivity index (χ1n) is 45.1.